The summed E-state index contributed by atoms with van der Waals surface area (Å²) in [5.74, 6) is 0. The molecule has 2 rings (SSSR count). The van der Waals surface area contributed by atoms with E-state index in [2.05, 4.69) is 24.4 Å². The van der Waals surface area contributed by atoms with Gasteiger partial charge in [-0.05, 0) is 30.7 Å². The Balaban J connectivity index is 0.00000200. The quantitative estimate of drug-likeness (QED) is 0.706. The summed E-state index contributed by atoms with van der Waals surface area (Å²) in [5.41, 5.74) is 3.25. The molecular formula is C15H23ClN3O-. The first-order chi connectivity index (χ1) is 9.15. The molecule has 0 aliphatic heterocycles. The number of unbranched alkanes of at least 4 members (excludes halogenated alkanes) is 2. The molecule has 1 heterocycles. The smallest absolute Gasteiger partial charge is 0.328 e. The van der Waals surface area contributed by atoms with Crippen molar-refractivity contribution >= 4 is 11.0 Å². The Kier molecular flexibility index (Phi) is 6.30. The Morgan fingerprint density at radius 3 is 2.50 bits per heavy atom. The third-order valence-electron chi connectivity index (χ3n) is 3.62. The highest BCUT2D eigenvalue weighted by Gasteiger charge is 2.07. The van der Waals surface area contributed by atoms with Crippen LogP contribution in [0.2, 0.25) is 0 Å². The summed E-state index contributed by atoms with van der Waals surface area (Å²) in [7, 11) is 3.64. The van der Waals surface area contributed by atoms with Crippen molar-refractivity contribution < 1.29 is 12.4 Å². The van der Waals surface area contributed by atoms with Gasteiger partial charge in [0.25, 0.3) is 0 Å². The van der Waals surface area contributed by atoms with E-state index in [-0.39, 0.29) is 18.1 Å². The lowest BCUT2D eigenvalue weighted by Crippen LogP contribution is -3.00. The highest BCUT2D eigenvalue weighted by molar-refractivity contribution is 5.76. The molecule has 0 spiro atoms. The zero-order valence-corrected chi connectivity index (χ0v) is 13.2. The molecule has 0 atom stereocenters. The van der Waals surface area contributed by atoms with Crippen LogP contribution in [0.4, 0.5) is 0 Å². The third kappa shape index (κ3) is 3.44. The van der Waals surface area contributed by atoms with Gasteiger partial charge in [0.1, 0.15) is 0 Å². The molecule has 1 aromatic heterocycles. The second kappa shape index (κ2) is 7.50. The van der Waals surface area contributed by atoms with Gasteiger partial charge in [-0.3, -0.25) is 9.13 Å². The van der Waals surface area contributed by atoms with Crippen molar-refractivity contribution in [2.24, 2.45) is 14.1 Å². The van der Waals surface area contributed by atoms with Crippen molar-refractivity contribution in [3.8, 4) is 0 Å². The summed E-state index contributed by atoms with van der Waals surface area (Å²) < 4.78 is 3.39. The summed E-state index contributed by atoms with van der Waals surface area (Å²) in [5, 5.41) is 3.45. The van der Waals surface area contributed by atoms with E-state index in [4.69, 9.17) is 0 Å². The van der Waals surface area contributed by atoms with Crippen LogP contribution in [0, 0.1) is 0 Å². The highest BCUT2D eigenvalue weighted by Crippen LogP contribution is 2.13. The molecule has 4 nitrogen and oxygen atoms in total. The van der Waals surface area contributed by atoms with Gasteiger partial charge >= 0.3 is 5.69 Å². The number of halogens is 1. The Morgan fingerprint density at radius 1 is 1.10 bits per heavy atom. The van der Waals surface area contributed by atoms with E-state index < -0.39 is 0 Å². The minimum atomic E-state index is 0. The first-order valence-corrected chi connectivity index (χ1v) is 7.00. The molecular weight excluding hydrogens is 274 g/mol. The van der Waals surface area contributed by atoms with E-state index >= 15 is 0 Å². The number of aryl methyl sites for hydroxylation is 2. The average Bonchev–Trinajstić information content (AvgIpc) is 2.64. The molecule has 112 valence electrons. The number of rotatable bonds is 6. The van der Waals surface area contributed by atoms with Crippen LogP contribution in [-0.2, 0) is 20.6 Å². The van der Waals surface area contributed by atoms with E-state index in [0.717, 1.165) is 24.1 Å². The van der Waals surface area contributed by atoms with Crippen LogP contribution >= 0.6 is 0 Å². The zero-order chi connectivity index (χ0) is 13.8. The largest absolute Gasteiger partial charge is 1.00 e. The fourth-order valence-electron chi connectivity index (χ4n) is 2.40. The number of imidazole rings is 1. The number of hydrogen-bond donors (Lipinski definition) is 1. The second-order valence-electron chi connectivity index (χ2n) is 5.11. The highest BCUT2D eigenvalue weighted by atomic mass is 35.5. The van der Waals surface area contributed by atoms with Gasteiger partial charge in [-0.2, -0.15) is 0 Å². The van der Waals surface area contributed by atoms with Crippen molar-refractivity contribution in [2.45, 2.75) is 32.7 Å². The van der Waals surface area contributed by atoms with Gasteiger partial charge in [0, 0.05) is 20.6 Å². The molecule has 0 bridgehead atoms. The van der Waals surface area contributed by atoms with Crippen molar-refractivity contribution in [3.05, 3.63) is 34.2 Å². The molecule has 0 saturated heterocycles. The van der Waals surface area contributed by atoms with Crippen molar-refractivity contribution in [2.75, 3.05) is 6.54 Å². The summed E-state index contributed by atoms with van der Waals surface area (Å²) in [6.07, 6.45) is 3.75. The SMILES string of the molecule is CCCCCNCc1ccc2c(c1)n(C)c(=O)n2C.[Cl-]. The maximum absolute atomic E-state index is 11.8. The van der Waals surface area contributed by atoms with Crippen molar-refractivity contribution in [3.63, 3.8) is 0 Å². The monoisotopic (exact) mass is 296 g/mol. The van der Waals surface area contributed by atoms with Crippen LogP contribution in [0.3, 0.4) is 0 Å². The summed E-state index contributed by atoms with van der Waals surface area (Å²) in [6, 6.07) is 6.22. The second-order valence-corrected chi connectivity index (χ2v) is 5.11. The van der Waals surface area contributed by atoms with Gasteiger partial charge in [-0.25, -0.2) is 4.79 Å². The third-order valence-corrected chi connectivity index (χ3v) is 3.62. The van der Waals surface area contributed by atoms with Gasteiger partial charge in [-0.1, -0.05) is 25.8 Å². The molecule has 0 aliphatic rings. The molecule has 2 aromatic rings. The van der Waals surface area contributed by atoms with Crippen molar-refractivity contribution in [1.29, 1.82) is 0 Å². The molecule has 0 radical (unpaired) electrons. The van der Waals surface area contributed by atoms with E-state index in [1.807, 2.05) is 20.2 Å². The lowest BCUT2D eigenvalue weighted by atomic mass is 10.2. The Labute approximate surface area is 126 Å². The summed E-state index contributed by atoms with van der Waals surface area (Å²) >= 11 is 0. The first kappa shape index (κ1) is 16.8. The Bertz CT molecular complexity index is 615. The fraction of sp³-hybridized carbons (Fsp3) is 0.533. The van der Waals surface area contributed by atoms with Gasteiger partial charge in [0.2, 0.25) is 0 Å². The lowest BCUT2D eigenvalue weighted by molar-refractivity contribution is -0.00000419. The van der Waals surface area contributed by atoms with E-state index in [9.17, 15) is 4.79 Å². The standard InChI is InChI=1S/C15H23N3O.ClH/c1-4-5-6-9-16-11-12-7-8-13-14(10-12)18(3)15(19)17(13)2;/h7-8,10,16H,4-6,9,11H2,1-3H3;1H/p-1. The van der Waals surface area contributed by atoms with Gasteiger partial charge in [0.15, 0.2) is 0 Å². The molecule has 0 amide bonds. The molecule has 1 aromatic carbocycles. The topological polar surface area (TPSA) is 39.0 Å². The van der Waals surface area contributed by atoms with Gasteiger partial charge in [0.05, 0.1) is 11.0 Å². The number of nitrogens with one attached hydrogen (secondary N) is 1. The van der Waals surface area contributed by atoms with E-state index in [1.165, 1.54) is 24.8 Å². The molecule has 0 fully saturated rings. The molecule has 0 aliphatic carbocycles. The van der Waals surface area contributed by atoms with Gasteiger partial charge in [-0.15, -0.1) is 0 Å². The average molecular weight is 297 g/mol. The normalized spacial score (nSPS) is 10.8. The van der Waals surface area contributed by atoms with Crippen LogP contribution in [-0.4, -0.2) is 15.7 Å². The van der Waals surface area contributed by atoms with Crippen LogP contribution in [0.1, 0.15) is 31.7 Å². The maximum Gasteiger partial charge on any atom is 0.328 e. The number of fused-ring (bicyclic) bond motifs is 1. The number of benzene rings is 1. The van der Waals surface area contributed by atoms with Crippen LogP contribution in [0.15, 0.2) is 23.0 Å². The maximum atomic E-state index is 11.8. The van der Waals surface area contributed by atoms with E-state index in [1.54, 1.807) is 9.13 Å². The van der Waals surface area contributed by atoms with Crippen LogP contribution in [0.25, 0.3) is 11.0 Å². The van der Waals surface area contributed by atoms with Crippen molar-refractivity contribution in [1.82, 2.24) is 14.5 Å². The minimum absolute atomic E-state index is 0. The molecule has 5 heteroatoms. The summed E-state index contributed by atoms with van der Waals surface area (Å²) in [6.45, 7) is 4.13. The zero-order valence-electron chi connectivity index (χ0n) is 12.4. The Hall–Kier alpha value is -1.26. The predicted molar refractivity (Wildman–Crippen MR) is 79.4 cm³/mol. The summed E-state index contributed by atoms with van der Waals surface area (Å²) in [4.78, 5) is 11.8. The van der Waals surface area contributed by atoms with Crippen LogP contribution in [0.5, 0.6) is 0 Å². The number of aromatic nitrogens is 2. The predicted octanol–water partition coefficient (Wildman–Crippen LogP) is -0.839. The molecule has 0 saturated carbocycles. The first-order valence-electron chi connectivity index (χ1n) is 7.00. The molecule has 0 unspecified atom stereocenters. The molecule has 20 heavy (non-hydrogen) atoms. The number of nitrogens with zero attached hydrogens (tertiary/aromatic N) is 2. The minimum Gasteiger partial charge on any atom is -1.00 e. The fourth-order valence-corrected chi connectivity index (χ4v) is 2.40. The molecule has 1 N–H and O–H groups in total. The van der Waals surface area contributed by atoms with Gasteiger partial charge < -0.3 is 17.7 Å². The van der Waals surface area contributed by atoms with E-state index in [0.29, 0.717) is 0 Å². The number of hydrogen-bond acceptors (Lipinski definition) is 2. The lowest BCUT2D eigenvalue weighted by Gasteiger charge is -2.05. The van der Waals surface area contributed by atoms with Crippen LogP contribution < -0.4 is 23.4 Å². The Morgan fingerprint density at radius 2 is 1.80 bits per heavy atom.